The standard InChI is InChI=1S/C9H19NO2/c1-5-7(2)6-10-8(3)9(11)12-4/h7-8,10H,5-6H2,1-4H3. The molecule has 0 bridgehead atoms. The average Bonchev–Trinajstić information content (AvgIpc) is 2.11. The molecule has 12 heavy (non-hydrogen) atoms. The molecule has 0 spiro atoms. The number of carbonyl (C=O) groups excluding carboxylic acids is 1. The van der Waals surface area contributed by atoms with E-state index in [9.17, 15) is 4.79 Å². The van der Waals surface area contributed by atoms with Crippen LogP contribution in [-0.2, 0) is 9.53 Å². The largest absolute Gasteiger partial charge is 0.468 e. The topological polar surface area (TPSA) is 38.3 Å². The molecule has 0 aromatic carbocycles. The summed E-state index contributed by atoms with van der Waals surface area (Å²) in [6, 6.07) is -0.191. The lowest BCUT2D eigenvalue weighted by molar-refractivity contribution is -0.142. The molecule has 1 N–H and O–H groups in total. The molecule has 0 aromatic rings. The minimum Gasteiger partial charge on any atom is -0.468 e. The summed E-state index contributed by atoms with van der Waals surface area (Å²) >= 11 is 0. The lowest BCUT2D eigenvalue weighted by Crippen LogP contribution is -2.37. The molecule has 0 rings (SSSR count). The SMILES string of the molecule is CCC(C)CNC(C)C(=O)OC. The third-order valence-electron chi connectivity index (χ3n) is 2.02. The van der Waals surface area contributed by atoms with Crippen molar-refractivity contribution in [3.63, 3.8) is 0 Å². The average molecular weight is 173 g/mol. The fourth-order valence-electron chi connectivity index (χ4n) is 0.782. The Hall–Kier alpha value is -0.570. The maximum atomic E-state index is 10.9. The van der Waals surface area contributed by atoms with Gasteiger partial charge in [0.15, 0.2) is 0 Å². The summed E-state index contributed by atoms with van der Waals surface area (Å²) in [6.07, 6.45) is 1.13. The van der Waals surface area contributed by atoms with Crippen molar-refractivity contribution in [3.05, 3.63) is 0 Å². The maximum absolute atomic E-state index is 10.9. The first-order chi connectivity index (χ1) is 5.61. The second kappa shape index (κ2) is 6.00. The number of methoxy groups -OCH3 is 1. The molecule has 0 heterocycles. The first-order valence-electron chi connectivity index (χ1n) is 4.43. The smallest absolute Gasteiger partial charge is 0.322 e. The van der Waals surface area contributed by atoms with Crippen molar-refractivity contribution in [2.24, 2.45) is 5.92 Å². The molecule has 0 saturated heterocycles. The Kier molecular flexibility index (Phi) is 5.72. The van der Waals surface area contributed by atoms with Gasteiger partial charge in [-0.2, -0.15) is 0 Å². The van der Waals surface area contributed by atoms with Crippen molar-refractivity contribution < 1.29 is 9.53 Å². The van der Waals surface area contributed by atoms with Gasteiger partial charge in [-0.25, -0.2) is 0 Å². The summed E-state index contributed by atoms with van der Waals surface area (Å²) in [5, 5.41) is 3.11. The summed E-state index contributed by atoms with van der Waals surface area (Å²) in [7, 11) is 1.41. The van der Waals surface area contributed by atoms with Crippen LogP contribution in [0, 0.1) is 5.92 Å². The van der Waals surface area contributed by atoms with E-state index in [0.717, 1.165) is 13.0 Å². The molecule has 2 unspecified atom stereocenters. The molecule has 0 saturated carbocycles. The fraction of sp³-hybridized carbons (Fsp3) is 0.889. The van der Waals surface area contributed by atoms with Gasteiger partial charge in [0.1, 0.15) is 6.04 Å². The summed E-state index contributed by atoms with van der Waals surface area (Å²) in [5.74, 6) is 0.412. The molecule has 3 heteroatoms. The lowest BCUT2D eigenvalue weighted by Gasteiger charge is -2.14. The number of rotatable bonds is 5. The van der Waals surface area contributed by atoms with E-state index >= 15 is 0 Å². The van der Waals surface area contributed by atoms with Gasteiger partial charge < -0.3 is 10.1 Å². The third-order valence-corrected chi connectivity index (χ3v) is 2.02. The van der Waals surface area contributed by atoms with Crippen LogP contribution in [0.2, 0.25) is 0 Å². The van der Waals surface area contributed by atoms with E-state index in [2.05, 4.69) is 23.9 Å². The normalized spacial score (nSPS) is 15.3. The predicted octanol–water partition coefficient (Wildman–Crippen LogP) is 1.18. The van der Waals surface area contributed by atoms with Crippen molar-refractivity contribution >= 4 is 5.97 Å². The van der Waals surface area contributed by atoms with Crippen LogP contribution in [0.5, 0.6) is 0 Å². The highest BCUT2D eigenvalue weighted by Crippen LogP contribution is 1.98. The minimum atomic E-state index is -0.196. The Morgan fingerprint density at radius 1 is 1.50 bits per heavy atom. The lowest BCUT2D eigenvalue weighted by atomic mass is 10.1. The molecule has 2 atom stereocenters. The van der Waals surface area contributed by atoms with Gasteiger partial charge in [-0.3, -0.25) is 4.79 Å². The number of carbonyl (C=O) groups is 1. The fourth-order valence-corrected chi connectivity index (χ4v) is 0.782. The molecule has 0 aromatic heterocycles. The minimum absolute atomic E-state index is 0.191. The molecule has 0 aliphatic heterocycles. The van der Waals surface area contributed by atoms with Gasteiger partial charge in [0.2, 0.25) is 0 Å². The predicted molar refractivity (Wildman–Crippen MR) is 48.9 cm³/mol. The van der Waals surface area contributed by atoms with Crippen molar-refractivity contribution in [3.8, 4) is 0 Å². The maximum Gasteiger partial charge on any atom is 0.322 e. The van der Waals surface area contributed by atoms with Crippen molar-refractivity contribution in [1.29, 1.82) is 0 Å². The summed E-state index contributed by atoms with van der Waals surface area (Å²) in [6.45, 7) is 6.97. The van der Waals surface area contributed by atoms with E-state index in [-0.39, 0.29) is 12.0 Å². The van der Waals surface area contributed by atoms with Crippen LogP contribution >= 0.6 is 0 Å². The van der Waals surface area contributed by atoms with Gasteiger partial charge in [0.25, 0.3) is 0 Å². The number of nitrogens with one attached hydrogen (secondary N) is 1. The molecule has 3 nitrogen and oxygen atoms in total. The second-order valence-electron chi connectivity index (χ2n) is 3.17. The molecular weight excluding hydrogens is 154 g/mol. The van der Waals surface area contributed by atoms with Gasteiger partial charge in [0.05, 0.1) is 7.11 Å². The molecule has 0 aliphatic rings. The third kappa shape index (κ3) is 4.34. The van der Waals surface area contributed by atoms with Crippen molar-refractivity contribution in [2.75, 3.05) is 13.7 Å². The first kappa shape index (κ1) is 11.4. The Labute approximate surface area is 74.5 Å². The van der Waals surface area contributed by atoms with Crippen LogP contribution in [0.3, 0.4) is 0 Å². The zero-order chi connectivity index (χ0) is 9.56. The van der Waals surface area contributed by atoms with Crippen LogP contribution in [0.1, 0.15) is 27.2 Å². The number of hydrogen-bond acceptors (Lipinski definition) is 3. The van der Waals surface area contributed by atoms with E-state index in [0.29, 0.717) is 5.92 Å². The Morgan fingerprint density at radius 3 is 2.50 bits per heavy atom. The monoisotopic (exact) mass is 173 g/mol. The summed E-state index contributed by atoms with van der Waals surface area (Å²) in [4.78, 5) is 10.9. The Balaban J connectivity index is 3.56. The van der Waals surface area contributed by atoms with E-state index in [1.165, 1.54) is 7.11 Å². The van der Waals surface area contributed by atoms with E-state index in [4.69, 9.17) is 0 Å². The molecule has 0 fully saturated rings. The molecule has 0 aliphatic carbocycles. The Bertz CT molecular complexity index is 136. The Morgan fingerprint density at radius 2 is 2.08 bits per heavy atom. The molecular formula is C9H19NO2. The van der Waals surface area contributed by atoms with Gasteiger partial charge in [0, 0.05) is 0 Å². The number of hydrogen-bond donors (Lipinski definition) is 1. The number of esters is 1. The van der Waals surface area contributed by atoms with Crippen molar-refractivity contribution in [2.45, 2.75) is 33.2 Å². The molecule has 72 valence electrons. The van der Waals surface area contributed by atoms with E-state index in [1.807, 2.05) is 6.92 Å². The quantitative estimate of drug-likeness (QED) is 0.634. The highest BCUT2D eigenvalue weighted by atomic mass is 16.5. The van der Waals surface area contributed by atoms with Crippen LogP contribution in [0.4, 0.5) is 0 Å². The first-order valence-corrected chi connectivity index (χ1v) is 4.43. The molecule has 0 amide bonds. The van der Waals surface area contributed by atoms with Crippen LogP contribution in [0.25, 0.3) is 0 Å². The second-order valence-corrected chi connectivity index (χ2v) is 3.17. The van der Waals surface area contributed by atoms with Gasteiger partial charge in [-0.1, -0.05) is 20.3 Å². The van der Waals surface area contributed by atoms with Crippen molar-refractivity contribution in [1.82, 2.24) is 5.32 Å². The van der Waals surface area contributed by atoms with Crippen LogP contribution in [0.15, 0.2) is 0 Å². The van der Waals surface area contributed by atoms with E-state index < -0.39 is 0 Å². The zero-order valence-corrected chi connectivity index (χ0v) is 8.39. The van der Waals surface area contributed by atoms with Crippen LogP contribution in [-0.4, -0.2) is 25.7 Å². The summed E-state index contributed by atoms with van der Waals surface area (Å²) in [5.41, 5.74) is 0. The zero-order valence-electron chi connectivity index (χ0n) is 8.39. The highest BCUT2D eigenvalue weighted by molar-refractivity contribution is 5.74. The molecule has 0 radical (unpaired) electrons. The summed E-state index contributed by atoms with van der Waals surface area (Å²) < 4.78 is 4.58. The van der Waals surface area contributed by atoms with Gasteiger partial charge in [-0.15, -0.1) is 0 Å². The van der Waals surface area contributed by atoms with Crippen LogP contribution < -0.4 is 5.32 Å². The van der Waals surface area contributed by atoms with Gasteiger partial charge in [-0.05, 0) is 19.4 Å². The highest BCUT2D eigenvalue weighted by Gasteiger charge is 2.12. The van der Waals surface area contributed by atoms with E-state index in [1.54, 1.807) is 0 Å². The van der Waals surface area contributed by atoms with Gasteiger partial charge >= 0.3 is 5.97 Å². The number of ether oxygens (including phenoxy) is 1.